The molecule has 0 amide bonds. The van der Waals surface area contributed by atoms with E-state index < -0.39 is 10.8 Å². The van der Waals surface area contributed by atoms with Crippen LogP contribution in [0.4, 0.5) is 0 Å². The van der Waals surface area contributed by atoms with Gasteiger partial charge in [-0.3, -0.25) is 9.19 Å². The lowest BCUT2D eigenvalue weighted by Crippen LogP contribution is -2.19. The summed E-state index contributed by atoms with van der Waals surface area (Å²) in [6.07, 6.45) is 2.58. The molecule has 0 spiro atoms. The lowest BCUT2D eigenvalue weighted by Gasteiger charge is -2.07. The zero-order chi connectivity index (χ0) is 11.7. The molecule has 0 radical (unpaired) electrons. The van der Waals surface area contributed by atoms with E-state index in [1.54, 1.807) is 6.20 Å². The van der Waals surface area contributed by atoms with Crippen molar-refractivity contribution in [2.75, 3.05) is 13.1 Å². The van der Waals surface area contributed by atoms with Crippen molar-refractivity contribution in [3.8, 4) is 0 Å². The Hall–Kier alpha value is -1.33. The lowest BCUT2D eigenvalue weighted by molar-refractivity contribution is 0.669. The zero-order valence-electron chi connectivity index (χ0n) is 9.30. The Morgan fingerprint density at radius 2 is 2.12 bits per heavy atom. The maximum Gasteiger partial charge on any atom is 0.146 e. The summed E-state index contributed by atoms with van der Waals surface area (Å²) in [7, 11) is -1.05. The molecule has 88 valence electrons. The van der Waals surface area contributed by atoms with Gasteiger partial charge in [0.15, 0.2) is 0 Å². The van der Waals surface area contributed by atoms with Gasteiger partial charge in [0.2, 0.25) is 0 Å². The monoisotopic (exact) mass is 247 g/mol. The molecular weight excluding hydrogens is 234 g/mol. The summed E-state index contributed by atoms with van der Waals surface area (Å²) in [6, 6.07) is 7.65. The SMILES string of the molecule is O=[S@](c1cnc2ccccc2n1)[C@@H]1CCNC1. The average Bonchev–Trinajstić information content (AvgIpc) is 2.91. The molecule has 0 bridgehead atoms. The topological polar surface area (TPSA) is 54.9 Å². The van der Waals surface area contributed by atoms with Gasteiger partial charge in [0.25, 0.3) is 0 Å². The highest BCUT2D eigenvalue weighted by Crippen LogP contribution is 2.16. The number of rotatable bonds is 2. The van der Waals surface area contributed by atoms with Crippen LogP contribution < -0.4 is 5.32 Å². The normalized spacial score (nSPS) is 21.8. The van der Waals surface area contributed by atoms with E-state index in [2.05, 4.69) is 15.3 Å². The summed E-state index contributed by atoms with van der Waals surface area (Å²) in [5, 5.41) is 3.99. The van der Waals surface area contributed by atoms with E-state index in [-0.39, 0.29) is 5.25 Å². The predicted molar refractivity (Wildman–Crippen MR) is 67.2 cm³/mol. The van der Waals surface area contributed by atoms with Crippen LogP contribution in [0.1, 0.15) is 6.42 Å². The predicted octanol–water partition coefficient (Wildman–Crippen LogP) is 1.10. The Morgan fingerprint density at radius 1 is 1.29 bits per heavy atom. The van der Waals surface area contributed by atoms with Crippen LogP contribution in [0, 0.1) is 0 Å². The summed E-state index contributed by atoms with van der Waals surface area (Å²) in [5.74, 6) is 0. The molecular formula is C12H13N3OS. The van der Waals surface area contributed by atoms with Crippen molar-refractivity contribution in [1.29, 1.82) is 0 Å². The second-order valence-electron chi connectivity index (χ2n) is 4.11. The molecule has 2 heterocycles. The van der Waals surface area contributed by atoms with Crippen molar-refractivity contribution < 1.29 is 4.21 Å². The van der Waals surface area contributed by atoms with E-state index in [4.69, 9.17) is 0 Å². The van der Waals surface area contributed by atoms with Crippen molar-refractivity contribution in [3.05, 3.63) is 30.5 Å². The summed E-state index contributed by atoms with van der Waals surface area (Å²) in [5.41, 5.74) is 1.65. The molecule has 1 aromatic carbocycles. The minimum Gasteiger partial charge on any atom is -0.315 e. The standard InChI is InChI=1S/C12H13N3OS/c16-17(9-5-6-13-7-9)12-8-14-10-3-1-2-4-11(10)15-12/h1-4,8-9,13H,5-7H2/t9-,17+/m1/s1. The van der Waals surface area contributed by atoms with Crippen molar-refractivity contribution in [3.63, 3.8) is 0 Å². The van der Waals surface area contributed by atoms with Crippen LogP contribution in [0.15, 0.2) is 35.5 Å². The number of para-hydroxylation sites is 2. The fourth-order valence-corrected chi connectivity index (χ4v) is 3.31. The lowest BCUT2D eigenvalue weighted by atomic mass is 10.3. The third-order valence-electron chi connectivity index (χ3n) is 2.95. The third-order valence-corrected chi connectivity index (χ3v) is 4.57. The molecule has 0 aliphatic carbocycles. The van der Waals surface area contributed by atoms with Gasteiger partial charge in [-0.1, -0.05) is 12.1 Å². The van der Waals surface area contributed by atoms with Gasteiger partial charge in [0.05, 0.1) is 33.3 Å². The van der Waals surface area contributed by atoms with Gasteiger partial charge in [-0.05, 0) is 25.1 Å². The molecule has 1 aliphatic rings. The molecule has 0 saturated carbocycles. The van der Waals surface area contributed by atoms with Gasteiger partial charge in [0.1, 0.15) is 5.03 Å². The Balaban J connectivity index is 1.97. The number of benzene rings is 1. The minimum atomic E-state index is -1.05. The summed E-state index contributed by atoms with van der Waals surface area (Å²) < 4.78 is 12.3. The van der Waals surface area contributed by atoms with E-state index in [1.807, 2.05) is 24.3 Å². The molecule has 1 fully saturated rings. The van der Waals surface area contributed by atoms with Crippen molar-refractivity contribution in [2.24, 2.45) is 0 Å². The van der Waals surface area contributed by atoms with Crippen LogP contribution in [-0.2, 0) is 10.8 Å². The summed E-state index contributed by atoms with van der Waals surface area (Å²) >= 11 is 0. The number of hydrogen-bond donors (Lipinski definition) is 1. The number of fused-ring (bicyclic) bond motifs is 1. The molecule has 1 aliphatic heterocycles. The maximum atomic E-state index is 12.3. The highest BCUT2D eigenvalue weighted by atomic mass is 32.2. The van der Waals surface area contributed by atoms with Crippen LogP contribution in [0.5, 0.6) is 0 Å². The zero-order valence-corrected chi connectivity index (χ0v) is 10.1. The highest BCUT2D eigenvalue weighted by Gasteiger charge is 2.23. The Kier molecular flexibility index (Phi) is 2.86. The molecule has 2 atom stereocenters. The van der Waals surface area contributed by atoms with Gasteiger partial charge in [-0.25, -0.2) is 4.98 Å². The molecule has 3 rings (SSSR count). The van der Waals surface area contributed by atoms with Gasteiger partial charge in [0, 0.05) is 6.54 Å². The Labute approximate surface area is 102 Å². The van der Waals surface area contributed by atoms with Crippen LogP contribution in [0.25, 0.3) is 11.0 Å². The first-order chi connectivity index (χ1) is 8.34. The van der Waals surface area contributed by atoms with Gasteiger partial charge in [-0.15, -0.1) is 0 Å². The molecule has 1 aromatic heterocycles. The van der Waals surface area contributed by atoms with E-state index in [0.717, 1.165) is 30.5 Å². The van der Waals surface area contributed by atoms with E-state index in [9.17, 15) is 4.21 Å². The van der Waals surface area contributed by atoms with Crippen LogP contribution in [0.2, 0.25) is 0 Å². The average molecular weight is 247 g/mol. The van der Waals surface area contributed by atoms with Gasteiger partial charge >= 0.3 is 0 Å². The smallest absolute Gasteiger partial charge is 0.146 e. The molecule has 0 unspecified atom stereocenters. The molecule has 4 nitrogen and oxygen atoms in total. The van der Waals surface area contributed by atoms with Crippen molar-refractivity contribution >= 4 is 21.8 Å². The second-order valence-corrected chi connectivity index (χ2v) is 5.79. The van der Waals surface area contributed by atoms with Crippen LogP contribution in [-0.4, -0.2) is 32.5 Å². The van der Waals surface area contributed by atoms with E-state index in [1.165, 1.54) is 0 Å². The van der Waals surface area contributed by atoms with Crippen LogP contribution in [0.3, 0.4) is 0 Å². The quantitative estimate of drug-likeness (QED) is 0.863. The number of nitrogens with one attached hydrogen (secondary N) is 1. The van der Waals surface area contributed by atoms with Crippen LogP contribution >= 0.6 is 0 Å². The van der Waals surface area contributed by atoms with Gasteiger partial charge in [-0.2, -0.15) is 0 Å². The first-order valence-electron chi connectivity index (χ1n) is 5.68. The molecule has 17 heavy (non-hydrogen) atoms. The third kappa shape index (κ3) is 2.08. The van der Waals surface area contributed by atoms with E-state index in [0.29, 0.717) is 5.03 Å². The molecule has 1 N–H and O–H groups in total. The Morgan fingerprint density at radius 3 is 2.88 bits per heavy atom. The number of hydrogen-bond acceptors (Lipinski definition) is 4. The Bertz CT molecular complexity index is 566. The summed E-state index contributed by atoms with van der Waals surface area (Å²) in [4.78, 5) is 8.73. The maximum absolute atomic E-state index is 12.3. The fourth-order valence-electron chi connectivity index (χ4n) is 2.02. The molecule has 5 heteroatoms. The molecule has 2 aromatic rings. The second kappa shape index (κ2) is 4.50. The minimum absolute atomic E-state index is 0.172. The van der Waals surface area contributed by atoms with Crippen molar-refractivity contribution in [1.82, 2.24) is 15.3 Å². The first kappa shape index (κ1) is 10.8. The fraction of sp³-hybridized carbons (Fsp3) is 0.333. The largest absolute Gasteiger partial charge is 0.315 e. The number of aromatic nitrogens is 2. The highest BCUT2D eigenvalue weighted by molar-refractivity contribution is 7.85. The first-order valence-corrected chi connectivity index (χ1v) is 6.89. The number of nitrogens with zero attached hydrogens (tertiary/aromatic N) is 2. The van der Waals surface area contributed by atoms with E-state index >= 15 is 0 Å². The summed E-state index contributed by atoms with van der Waals surface area (Å²) in [6.45, 7) is 1.75. The molecule has 1 saturated heterocycles. The van der Waals surface area contributed by atoms with Crippen molar-refractivity contribution in [2.45, 2.75) is 16.7 Å². The van der Waals surface area contributed by atoms with Gasteiger partial charge < -0.3 is 5.32 Å².